The van der Waals surface area contributed by atoms with Crippen LogP contribution >= 0.6 is 0 Å². The van der Waals surface area contributed by atoms with Gasteiger partial charge in [-0.25, -0.2) is 0 Å². The second-order valence-corrected chi connectivity index (χ2v) is 4.83. The highest BCUT2D eigenvalue weighted by molar-refractivity contribution is 5.88. The molecule has 0 aromatic carbocycles. The van der Waals surface area contributed by atoms with Crippen molar-refractivity contribution in [1.82, 2.24) is 0 Å². The Kier molecular flexibility index (Phi) is 2.91. The molecule has 2 aliphatic rings. The van der Waals surface area contributed by atoms with Gasteiger partial charge in [-0.05, 0) is 25.2 Å². The minimum atomic E-state index is -0.359. The Balaban J connectivity index is 1.87. The van der Waals surface area contributed by atoms with Crippen LogP contribution in [0.5, 0.6) is 0 Å². The fourth-order valence-electron chi connectivity index (χ4n) is 2.76. The van der Waals surface area contributed by atoms with E-state index in [-0.39, 0.29) is 5.60 Å². The van der Waals surface area contributed by atoms with Gasteiger partial charge in [0, 0.05) is 13.5 Å². The van der Waals surface area contributed by atoms with Gasteiger partial charge in [-0.1, -0.05) is 25.7 Å². The maximum absolute atomic E-state index is 12.0. The first-order valence-electron chi connectivity index (χ1n) is 5.85. The fourth-order valence-corrected chi connectivity index (χ4v) is 2.76. The van der Waals surface area contributed by atoms with E-state index in [0.29, 0.717) is 11.7 Å². The van der Waals surface area contributed by atoms with Crippen LogP contribution < -0.4 is 0 Å². The molecule has 2 fully saturated rings. The van der Waals surface area contributed by atoms with E-state index < -0.39 is 0 Å². The molecule has 0 N–H and O–H groups in total. The van der Waals surface area contributed by atoms with Crippen LogP contribution in [0.2, 0.25) is 0 Å². The van der Waals surface area contributed by atoms with E-state index in [0.717, 1.165) is 25.7 Å². The summed E-state index contributed by atoms with van der Waals surface area (Å²) in [5.74, 6) is 1.04. The molecule has 0 aromatic heterocycles. The number of ether oxygens (including phenoxy) is 1. The van der Waals surface area contributed by atoms with E-state index >= 15 is 0 Å². The Morgan fingerprint density at radius 2 is 1.93 bits per heavy atom. The molecule has 0 amide bonds. The fraction of sp³-hybridized carbons (Fsp3) is 0.917. The van der Waals surface area contributed by atoms with E-state index in [1.165, 1.54) is 25.7 Å². The van der Waals surface area contributed by atoms with E-state index in [1.807, 2.05) is 0 Å². The van der Waals surface area contributed by atoms with Gasteiger partial charge in [-0.2, -0.15) is 0 Å². The first kappa shape index (κ1) is 10.2. The lowest BCUT2D eigenvalue weighted by Crippen LogP contribution is -2.47. The van der Waals surface area contributed by atoms with Crippen molar-refractivity contribution < 1.29 is 9.53 Å². The normalized spacial score (nSPS) is 26.1. The molecule has 0 atom stereocenters. The SMILES string of the molecule is COC1(C(=O)CC2CCCC2)CCC1. The summed E-state index contributed by atoms with van der Waals surface area (Å²) in [6, 6.07) is 0. The summed E-state index contributed by atoms with van der Waals surface area (Å²) >= 11 is 0. The summed E-state index contributed by atoms with van der Waals surface area (Å²) in [6.45, 7) is 0. The van der Waals surface area contributed by atoms with Gasteiger partial charge in [0.2, 0.25) is 0 Å². The van der Waals surface area contributed by atoms with Crippen LogP contribution in [-0.2, 0) is 9.53 Å². The molecule has 0 saturated heterocycles. The zero-order valence-electron chi connectivity index (χ0n) is 9.05. The van der Waals surface area contributed by atoms with Crippen LogP contribution in [0.15, 0.2) is 0 Å². The van der Waals surface area contributed by atoms with E-state index in [4.69, 9.17) is 4.74 Å². The minimum absolute atomic E-state index is 0.359. The number of Topliss-reactive ketones (excluding diaryl/α,β-unsaturated/α-hetero) is 1. The van der Waals surface area contributed by atoms with Crippen LogP contribution in [0, 0.1) is 5.92 Å². The van der Waals surface area contributed by atoms with Gasteiger partial charge in [0.25, 0.3) is 0 Å². The first-order valence-corrected chi connectivity index (χ1v) is 5.85. The second kappa shape index (κ2) is 4.01. The number of ketones is 1. The molecular weight excluding hydrogens is 176 g/mol. The summed E-state index contributed by atoms with van der Waals surface area (Å²) in [6.07, 6.45) is 8.98. The summed E-state index contributed by atoms with van der Waals surface area (Å²) in [5.41, 5.74) is -0.359. The summed E-state index contributed by atoms with van der Waals surface area (Å²) in [7, 11) is 1.69. The lowest BCUT2D eigenvalue weighted by atomic mass is 9.74. The van der Waals surface area contributed by atoms with Crippen molar-refractivity contribution >= 4 is 5.78 Å². The number of methoxy groups -OCH3 is 1. The topological polar surface area (TPSA) is 26.3 Å². The summed E-state index contributed by atoms with van der Waals surface area (Å²) in [4.78, 5) is 12.0. The van der Waals surface area contributed by atoms with Crippen molar-refractivity contribution in [3.8, 4) is 0 Å². The maximum atomic E-state index is 12.0. The van der Waals surface area contributed by atoms with E-state index in [9.17, 15) is 4.79 Å². The molecule has 2 aliphatic carbocycles. The van der Waals surface area contributed by atoms with Crippen molar-refractivity contribution in [2.24, 2.45) is 5.92 Å². The Morgan fingerprint density at radius 1 is 1.29 bits per heavy atom. The van der Waals surface area contributed by atoms with Crippen LogP contribution in [0.4, 0.5) is 0 Å². The molecule has 2 saturated carbocycles. The molecule has 2 nitrogen and oxygen atoms in total. The minimum Gasteiger partial charge on any atom is -0.370 e. The van der Waals surface area contributed by atoms with Gasteiger partial charge in [-0.3, -0.25) is 4.79 Å². The lowest BCUT2D eigenvalue weighted by Gasteiger charge is -2.39. The number of rotatable bonds is 4. The molecule has 2 heteroatoms. The highest BCUT2D eigenvalue weighted by Gasteiger charge is 2.44. The van der Waals surface area contributed by atoms with Crippen molar-refractivity contribution in [3.05, 3.63) is 0 Å². The molecule has 0 bridgehead atoms. The van der Waals surface area contributed by atoms with Crippen molar-refractivity contribution in [3.63, 3.8) is 0 Å². The van der Waals surface area contributed by atoms with Gasteiger partial charge in [-0.15, -0.1) is 0 Å². The Hall–Kier alpha value is -0.370. The highest BCUT2D eigenvalue weighted by atomic mass is 16.5. The van der Waals surface area contributed by atoms with Crippen LogP contribution in [0.1, 0.15) is 51.4 Å². The standard InChI is InChI=1S/C12H20O2/c1-14-12(7-4-8-12)11(13)9-10-5-2-3-6-10/h10H,2-9H2,1H3. The highest BCUT2D eigenvalue weighted by Crippen LogP contribution is 2.39. The molecule has 0 unspecified atom stereocenters. The van der Waals surface area contributed by atoms with Crippen LogP contribution in [0.3, 0.4) is 0 Å². The van der Waals surface area contributed by atoms with Gasteiger partial charge in [0.1, 0.15) is 5.60 Å². The Labute approximate surface area is 86.0 Å². The summed E-state index contributed by atoms with van der Waals surface area (Å²) < 4.78 is 5.40. The lowest BCUT2D eigenvalue weighted by molar-refractivity contribution is -0.152. The molecule has 0 heterocycles. The van der Waals surface area contributed by atoms with Crippen molar-refractivity contribution in [2.75, 3.05) is 7.11 Å². The molecule has 2 rings (SSSR count). The Morgan fingerprint density at radius 3 is 2.36 bits per heavy atom. The van der Waals surface area contributed by atoms with Gasteiger partial charge in [0.15, 0.2) is 5.78 Å². The zero-order valence-corrected chi connectivity index (χ0v) is 9.05. The van der Waals surface area contributed by atoms with Gasteiger partial charge >= 0.3 is 0 Å². The quantitative estimate of drug-likeness (QED) is 0.691. The van der Waals surface area contributed by atoms with Crippen molar-refractivity contribution in [2.45, 2.75) is 57.0 Å². The van der Waals surface area contributed by atoms with E-state index in [2.05, 4.69) is 0 Å². The average molecular weight is 196 g/mol. The second-order valence-electron chi connectivity index (χ2n) is 4.83. The number of carbonyl (C=O) groups excluding carboxylic acids is 1. The third-order valence-electron chi connectivity index (χ3n) is 4.01. The third-order valence-corrected chi connectivity index (χ3v) is 4.01. The van der Waals surface area contributed by atoms with Gasteiger partial charge in [0.05, 0.1) is 0 Å². The summed E-state index contributed by atoms with van der Waals surface area (Å²) in [5, 5.41) is 0. The van der Waals surface area contributed by atoms with Crippen LogP contribution in [-0.4, -0.2) is 18.5 Å². The predicted molar refractivity (Wildman–Crippen MR) is 55.2 cm³/mol. The number of hydrogen-bond donors (Lipinski definition) is 0. The monoisotopic (exact) mass is 196 g/mol. The zero-order chi connectivity index (χ0) is 10.0. The molecular formula is C12H20O2. The molecule has 80 valence electrons. The van der Waals surface area contributed by atoms with Gasteiger partial charge < -0.3 is 4.74 Å². The molecule has 14 heavy (non-hydrogen) atoms. The average Bonchev–Trinajstić information content (AvgIpc) is 2.55. The predicted octanol–water partition coefficient (Wildman–Crippen LogP) is 2.70. The maximum Gasteiger partial charge on any atom is 0.164 e. The largest absolute Gasteiger partial charge is 0.370 e. The Bertz CT molecular complexity index is 207. The van der Waals surface area contributed by atoms with Crippen molar-refractivity contribution in [1.29, 1.82) is 0 Å². The number of hydrogen-bond acceptors (Lipinski definition) is 2. The smallest absolute Gasteiger partial charge is 0.164 e. The van der Waals surface area contributed by atoms with Crippen LogP contribution in [0.25, 0.3) is 0 Å². The number of carbonyl (C=O) groups is 1. The first-order chi connectivity index (χ1) is 6.77. The molecule has 0 aromatic rings. The molecule has 0 spiro atoms. The van der Waals surface area contributed by atoms with E-state index in [1.54, 1.807) is 7.11 Å². The molecule has 0 radical (unpaired) electrons. The third kappa shape index (κ3) is 1.72. The molecule has 0 aliphatic heterocycles.